The molecule has 0 radical (unpaired) electrons. The Labute approximate surface area is 123 Å². The lowest BCUT2D eigenvalue weighted by atomic mass is 9.46. The zero-order valence-electron chi connectivity index (χ0n) is 13.6. The topological polar surface area (TPSA) is 18.5 Å². The van der Waals surface area contributed by atoms with Crippen LogP contribution in [0.25, 0.3) is 0 Å². The first-order valence-electron chi connectivity index (χ1n) is 8.64. The zero-order valence-corrected chi connectivity index (χ0v) is 13.6. The molecular weight excluding hydrogens is 248 g/mol. The van der Waals surface area contributed by atoms with Crippen molar-refractivity contribution in [2.24, 2.45) is 22.7 Å². The maximum atomic E-state index is 6.54. The average molecular weight is 278 g/mol. The van der Waals surface area contributed by atoms with E-state index in [-0.39, 0.29) is 11.4 Å². The summed E-state index contributed by atoms with van der Waals surface area (Å²) >= 11 is 0. The van der Waals surface area contributed by atoms with Crippen LogP contribution in [0.1, 0.15) is 72.6 Å². The Morgan fingerprint density at radius 1 is 0.850 bits per heavy atom. The van der Waals surface area contributed by atoms with Gasteiger partial charge in [-0.1, -0.05) is 27.2 Å². The largest absolute Gasteiger partial charge is 0.347 e. The van der Waals surface area contributed by atoms with Gasteiger partial charge in [0.25, 0.3) is 0 Å². The van der Waals surface area contributed by atoms with Crippen LogP contribution in [0.3, 0.4) is 0 Å². The van der Waals surface area contributed by atoms with Crippen LogP contribution >= 0.6 is 0 Å². The van der Waals surface area contributed by atoms with E-state index in [2.05, 4.69) is 27.7 Å². The van der Waals surface area contributed by atoms with Crippen molar-refractivity contribution < 1.29 is 9.47 Å². The smallest absolute Gasteiger partial charge is 0.172 e. The highest BCUT2D eigenvalue weighted by Gasteiger charge is 2.66. The molecule has 2 nitrogen and oxygen atoms in total. The average Bonchev–Trinajstić information content (AvgIpc) is 2.58. The molecule has 2 aliphatic heterocycles. The van der Waals surface area contributed by atoms with Crippen molar-refractivity contribution in [3.63, 3.8) is 0 Å². The fourth-order valence-electron chi connectivity index (χ4n) is 6.49. The van der Waals surface area contributed by atoms with Gasteiger partial charge in [-0.15, -0.1) is 0 Å². The molecule has 0 amide bonds. The van der Waals surface area contributed by atoms with Crippen LogP contribution in [0, 0.1) is 22.7 Å². The first-order chi connectivity index (χ1) is 9.30. The highest BCUT2D eigenvalue weighted by Crippen LogP contribution is 2.67. The first-order valence-corrected chi connectivity index (χ1v) is 8.64. The zero-order chi connectivity index (χ0) is 14.2. The predicted octanol–water partition coefficient (Wildman–Crippen LogP) is 4.52. The number of fused-ring (bicyclic) bond motifs is 3. The van der Waals surface area contributed by atoms with Gasteiger partial charge in [0.1, 0.15) is 0 Å². The number of ether oxygens (including phenoxy) is 2. The van der Waals surface area contributed by atoms with Crippen molar-refractivity contribution in [1.29, 1.82) is 0 Å². The normalized spacial score (nSPS) is 57.0. The van der Waals surface area contributed by atoms with Crippen LogP contribution in [0.2, 0.25) is 0 Å². The highest BCUT2D eigenvalue weighted by molar-refractivity contribution is 5.11. The summed E-state index contributed by atoms with van der Waals surface area (Å²) in [5, 5.41) is 0. The van der Waals surface area contributed by atoms with Gasteiger partial charge in [-0.05, 0) is 55.8 Å². The number of hydrogen-bond donors (Lipinski definition) is 0. The molecule has 2 heteroatoms. The molecule has 4 fully saturated rings. The summed E-state index contributed by atoms with van der Waals surface area (Å²) in [6.45, 7) is 10.6. The minimum atomic E-state index is -0.230. The van der Waals surface area contributed by atoms with Crippen molar-refractivity contribution in [3.8, 4) is 0 Å². The minimum absolute atomic E-state index is 0.00385. The molecule has 2 saturated heterocycles. The van der Waals surface area contributed by atoms with Gasteiger partial charge < -0.3 is 9.47 Å². The van der Waals surface area contributed by atoms with Crippen LogP contribution in [0.15, 0.2) is 0 Å². The number of hydrogen-bond acceptors (Lipinski definition) is 2. The standard InChI is InChI=1S/C18H30O2/c1-15(2)8-5-9-17(4)13(15)7-11-18-14(17)6-10-16(3,20-18)12-19-18/h13-14H,5-12H2,1-4H3/t13-,14+,16+,17-,18-/m0/s1. The summed E-state index contributed by atoms with van der Waals surface area (Å²) in [4.78, 5) is 0. The second-order valence-corrected chi connectivity index (χ2v) is 9.18. The van der Waals surface area contributed by atoms with Crippen LogP contribution in [0.5, 0.6) is 0 Å². The Morgan fingerprint density at radius 3 is 2.40 bits per heavy atom. The molecule has 2 saturated carbocycles. The predicted molar refractivity (Wildman–Crippen MR) is 79.4 cm³/mol. The molecule has 0 N–H and O–H groups in total. The van der Waals surface area contributed by atoms with E-state index < -0.39 is 0 Å². The molecule has 2 aliphatic carbocycles. The van der Waals surface area contributed by atoms with Gasteiger partial charge in [0.2, 0.25) is 0 Å². The Kier molecular flexibility index (Phi) is 2.59. The van der Waals surface area contributed by atoms with Crippen molar-refractivity contribution in [1.82, 2.24) is 0 Å². The van der Waals surface area contributed by atoms with Crippen LogP contribution in [-0.2, 0) is 9.47 Å². The first kappa shape index (κ1) is 13.6. The van der Waals surface area contributed by atoms with Crippen LogP contribution in [0.4, 0.5) is 0 Å². The van der Waals surface area contributed by atoms with Crippen molar-refractivity contribution >= 4 is 0 Å². The van der Waals surface area contributed by atoms with E-state index >= 15 is 0 Å². The van der Waals surface area contributed by atoms with Gasteiger partial charge in [0.05, 0.1) is 12.2 Å². The molecule has 4 aliphatic rings. The fourth-order valence-corrected chi connectivity index (χ4v) is 6.49. The molecule has 114 valence electrons. The summed E-state index contributed by atoms with van der Waals surface area (Å²) in [7, 11) is 0. The van der Waals surface area contributed by atoms with E-state index in [4.69, 9.17) is 9.47 Å². The third kappa shape index (κ3) is 1.58. The monoisotopic (exact) mass is 278 g/mol. The van der Waals surface area contributed by atoms with E-state index in [1.807, 2.05) is 0 Å². The maximum absolute atomic E-state index is 6.54. The Balaban J connectivity index is 1.73. The third-order valence-electron chi connectivity index (χ3n) is 7.39. The maximum Gasteiger partial charge on any atom is 0.172 e. The molecule has 2 heterocycles. The van der Waals surface area contributed by atoms with Gasteiger partial charge >= 0.3 is 0 Å². The molecule has 0 aromatic heterocycles. The quantitative estimate of drug-likeness (QED) is 0.648. The number of rotatable bonds is 0. The summed E-state index contributed by atoms with van der Waals surface area (Å²) in [6.07, 6.45) is 9.04. The molecule has 0 unspecified atom stereocenters. The Hall–Kier alpha value is -0.0800. The van der Waals surface area contributed by atoms with Crippen molar-refractivity contribution in [2.75, 3.05) is 6.61 Å². The van der Waals surface area contributed by atoms with Crippen molar-refractivity contribution in [3.05, 3.63) is 0 Å². The Bertz CT molecular complexity index is 431. The van der Waals surface area contributed by atoms with Crippen molar-refractivity contribution in [2.45, 2.75) is 84.0 Å². The van der Waals surface area contributed by atoms with Gasteiger partial charge in [-0.2, -0.15) is 0 Å². The second kappa shape index (κ2) is 3.81. The van der Waals surface area contributed by atoms with E-state index in [9.17, 15) is 0 Å². The van der Waals surface area contributed by atoms with Gasteiger partial charge in [0.15, 0.2) is 5.79 Å². The molecule has 5 atom stereocenters. The lowest BCUT2D eigenvalue weighted by molar-refractivity contribution is -0.304. The molecular formula is C18H30O2. The van der Waals surface area contributed by atoms with Crippen LogP contribution in [-0.4, -0.2) is 18.0 Å². The summed E-state index contributed by atoms with van der Waals surface area (Å²) in [5.74, 6) is 1.23. The van der Waals surface area contributed by atoms with Gasteiger partial charge in [-0.25, -0.2) is 0 Å². The van der Waals surface area contributed by atoms with Gasteiger partial charge in [0, 0.05) is 12.3 Å². The molecule has 4 rings (SSSR count). The lowest BCUT2D eigenvalue weighted by Crippen LogP contribution is -2.61. The summed E-state index contributed by atoms with van der Waals surface area (Å²) in [5.41, 5.74) is 0.920. The highest BCUT2D eigenvalue weighted by atomic mass is 16.8. The molecule has 1 spiro atoms. The summed E-state index contributed by atoms with van der Waals surface area (Å²) in [6, 6.07) is 0. The molecule has 2 bridgehead atoms. The fraction of sp³-hybridized carbons (Fsp3) is 1.00. The van der Waals surface area contributed by atoms with E-state index in [1.54, 1.807) is 0 Å². The Morgan fingerprint density at radius 2 is 1.60 bits per heavy atom. The SMILES string of the molecule is CC1(C)CCC[C@@]2(C)[C@H]1CC[C@@]13OC[C@@](C)(CC[C@@H]12)O3. The van der Waals surface area contributed by atoms with Crippen LogP contribution < -0.4 is 0 Å². The van der Waals surface area contributed by atoms with Gasteiger partial charge in [-0.3, -0.25) is 0 Å². The summed E-state index contributed by atoms with van der Waals surface area (Å²) < 4.78 is 12.9. The third-order valence-corrected chi connectivity index (χ3v) is 7.39. The van der Waals surface area contributed by atoms with E-state index in [0.29, 0.717) is 16.7 Å². The molecule has 0 aromatic carbocycles. The molecule has 20 heavy (non-hydrogen) atoms. The minimum Gasteiger partial charge on any atom is -0.347 e. The second-order valence-electron chi connectivity index (χ2n) is 9.18. The van der Waals surface area contributed by atoms with E-state index in [1.165, 1.54) is 38.5 Å². The lowest BCUT2D eigenvalue weighted by Gasteiger charge is -2.62. The molecule has 0 aromatic rings. The van der Waals surface area contributed by atoms with E-state index in [0.717, 1.165) is 18.9 Å².